The lowest BCUT2D eigenvalue weighted by Crippen LogP contribution is -2.26. The second-order valence-corrected chi connectivity index (χ2v) is 8.77. The molecule has 2 aromatic rings. The highest BCUT2D eigenvalue weighted by molar-refractivity contribution is 7.89. The number of hydrogen-bond acceptors (Lipinski definition) is 4. The molecule has 1 aliphatic carbocycles. The molecule has 2 unspecified atom stereocenters. The molecule has 1 fully saturated rings. The van der Waals surface area contributed by atoms with E-state index in [1.165, 1.54) is 0 Å². The molecule has 0 bridgehead atoms. The Bertz CT molecular complexity index is 821. The Labute approximate surface area is 154 Å². The average Bonchev–Trinajstić information content (AvgIpc) is 3.41. The topological polar surface area (TPSA) is 86.6 Å². The number of aliphatic hydroxyl groups is 2. The molecule has 3 rings (SSSR count). The normalized spacial score (nSPS) is 22.0. The lowest BCUT2D eigenvalue weighted by atomic mass is 10.00. The smallest absolute Gasteiger partial charge is 0.240 e. The summed E-state index contributed by atoms with van der Waals surface area (Å²) in [7, 11) is -3.50. The zero-order chi connectivity index (χ0) is 18.7. The van der Waals surface area contributed by atoms with Gasteiger partial charge in [-0.15, -0.1) is 0 Å². The predicted octanol–water partition coefficient (Wildman–Crippen LogP) is 2.39. The molecule has 0 spiro atoms. The SMILES string of the molecule is Cc1ccc(S(=O)(=O)NCCC2CC2[C@H](O)[C@@H](O)c2ccccc2)cc1. The third-order valence-electron chi connectivity index (χ3n) is 5.02. The van der Waals surface area contributed by atoms with Gasteiger partial charge in [-0.2, -0.15) is 0 Å². The van der Waals surface area contributed by atoms with Crippen molar-refractivity contribution in [1.82, 2.24) is 4.72 Å². The summed E-state index contributed by atoms with van der Waals surface area (Å²) in [6.45, 7) is 2.23. The zero-order valence-corrected chi connectivity index (χ0v) is 15.6. The monoisotopic (exact) mass is 375 g/mol. The van der Waals surface area contributed by atoms with Gasteiger partial charge < -0.3 is 10.2 Å². The van der Waals surface area contributed by atoms with Crippen LogP contribution in [0, 0.1) is 18.8 Å². The Balaban J connectivity index is 1.47. The first-order chi connectivity index (χ1) is 12.4. The van der Waals surface area contributed by atoms with Crippen LogP contribution in [0.2, 0.25) is 0 Å². The fraction of sp³-hybridized carbons (Fsp3) is 0.400. The molecule has 3 N–H and O–H groups in total. The molecule has 0 amide bonds. The minimum absolute atomic E-state index is 0.00841. The van der Waals surface area contributed by atoms with Gasteiger partial charge in [-0.3, -0.25) is 0 Å². The molecule has 6 heteroatoms. The molecule has 4 atom stereocenters. The Hall–Kier alpha value is -1.73. The first-order valence-electron chi connectivity index (χ1n) is 8.86. The van der Waals surface area contributed by atoms with Gasteiger partial charge in [0.25, 0.3) is 0 Å². The highest BCUT2D eigenvalue weighted by Crippen LogP contribution is 2.46. The Morgan fingerprint density at radius 1 is 1.08 bits per heavy atom. The minimum atomic E-state index is -3.50. The van der Waals surface area contributed by atoms with E-state index in [0.717, 1.165) is 12.0 Å². The maximum absolute atomic E-state index is 12.3. The van der Waals surface area contributed by atoms with Crippen LogP contribution in [0.3, 0.4) is 0 Å². The van der Waals surface area contributed by atoms with Crippen molar-refractivity contribution < 1.29 is 18.6 Å². The van der Waals surface area contributed by atoms with E-state index in [9.17, 15) is 18.6 Å². The van der Waals surface area contributed by atoms with Crippen molar-refractivity contribution in [2.75, 3.05) is 6.54 Å². The summed E-state index contributed by atoms with van der Waals surface area (Å²) in [6.07, 6.45) is -0.280. The molecule has 1 aliphatic rings. The van der Waals surface area contributed by atoms with Crippen LogP contribution in [0.25, 0.3) is 0 Å². The van der Waals surface area contributed by atoms with Gasteiger partial charge in [-0.1, -0.05) is 48.0 Å². The Kier molecular flexibility index (Phi) is 5.77. The van der Waals surface area contributed by atoms with Crippen molar-refractivity contribution in [2.24, 2.45) is 11.8 Å². The summed E-state index contributed by atoms with van der Waals surface area (Å²) in [5.74, 6) is 0.234. The third-order valence-corrected chi connectivity index (χ3v) is 6.50. The molecule has 26 heavy (non-hydrogen) atoms. The first-order valence-corrected chi connectivity index (χ1v) is 10.3. The van der Waals surface area contributed by atoms with Gasteiger partial charge in [-0.25, -0.2) is 13.1 Å². The molecule has 0 aromatic heterocycles. The van der Waals surface area contributed by atoms with Gasteiger partial charge in [0.15, 0.2) is 0 Å². The van der Waals surface area contributed by atoms with Gasteiger partial charge in [0, 0.05) is 6.54 Å². The molecule has 0 heterocycles. The van der Waals surface area contributed by atoms with Gasteiger partial charge in [0.2, 0.25) is 10.0 Å². The number of hydrogen-bond donors (Lipinski definition) is 3. The van der Waals surface area contributed by atoms with E-state index in [4.69, 9.17) is 0 Å². The van der Waals surface area contributed by atoms with Gasteiger partial charge in [0.05, 0.1) is 11.0 Å². The van der Waals surface area contributed by atoms with E-state index in [1.807, 2.05) is 25.1 Å². The van der Waals surface area contributed by atoms with Gasteiger partial charge in [0.1, 0.15) is 6.10 Å². The van der Waals surface area contributed by atoms with Crippen LogP contribution >= 0.6 is 0 Å². The van der Waals surface area contributed by atoms with Crippen molar-refractivity contribution >= 4 is 10.0 Å². The van der Waals surface area contributed by atoms with Crippen molar-refractivity contribution in [1.29, 1.82) is 0 Å². The lowest BCUT2D eigenvalue weighted by Gasteiger charge is -2.18. The second kappa shape index (κ2) is 7.88. The highest BCUT2D eigenvalue weighted by Gasteiger charge is 2.44. The standard InChI is InChI=1S/C20H25NO4S/c1-14-7-9-17(10-8-14)26(24,25)21-12-11-16-13-18(16)20(23)19(22)15-5-3-2-4-6-15/h2-10,16,18-23H,11-13H2,1H3/t16?,18?,19-,20-/m0/s1. The van der Waals surface area contributed by atoms with E-state index in [2.05, 4.69) is 4.72 Å². The number of nitrogens with one attached hydrogen (secondary N) is 1. The minimum Gasteiger partial charge on any atom is -0.390 e. The Morgan fingerprint density at radius 2 is 1.73 bits per heavy atom. The molecule has 0 aliphatic heterocycles. The van der Waals surface area contributed by atoms with Crippen LogP contribution in [0.4, 0.5) is 0 Å². The van der Waals surface area contributed by atoms with Gasteiger partial charge in [-0.05, 0) is 49.3 Å². The van der Waals surface area contributed by atoms with E-state index in [0.29, 0.717) is 18.5 Å². The van der Waals surface area contributed by atoms with Crippen LogP contribution in [0.1, 0.15) is 30.1 Å². The molecule has 1 saturated carbocycles. The fourth-order valence-electron chi connectivity index (χ4n) is 3.28. The van der Waals surface area contributed by atoms with Crippen molar-refractivity contribution in [3.05, 3.63) is 65.7 Å². The van der Waals surface area contributed by atoms with Crippen LogP contribution in [-0.2, 0) is 10.0 Å². The summed E-state index contributed by atoms with van der Waals surface area (Å²) in [5, 5.41) is 20.6. The van der Waals surface area contributed by atoms with Crippen molar-refractivity contribution in [2.45, 2.75) is 36.9 Å². The summed E-state index contributed by atoms with van der Waals surface area (Å²) >= 11 is 0. The van der Waals surface area contributed by atoms with Crippen LogP contribution in [0.15, 0.2) is 59.5 Å². The lowest BCUT2D eigenvalue weighted by molar-refractivity contribution is 0.00135. The maximum atomic E-state index is 12.3. The zero-order valence-electron chi connectivity index (χ0n) is 14.7. The summed E-state index contributed by atoms with van der Waals surface area (Å²) in [5.41, 5.74) is 1.71. The fourth-order valence-corrected chi connectivity index (χ4v) is 4.33. The van der Waals surface area contributed by atoms with E-state index in [1.54, 1.807) is 36.4 Å². The quantitative estimate of drug-likeness (QED) is 0.661. The highest BCUT2D eigenvalue weighted by atomic mass is 32.2. The summed E-state index contributed by atoms with van der Waals surface area (Å²) in [4.78, 5) is 0.259. The number of rotatable bonds is 8. The van der Waals surface area contributed by atoms with Crippen molar-refractivity contribution in [3.63, 3.8) is 0 Å². The summed E-state index contributed by atoms with van der Waals surface area (Å²) in [6, 6.07) is 15.8. The Morgan fingerprint density at radius 3 is 2.38 bits per heavy atom. The molecule has 5 nitrogen and oxygen atoms in total. The van der Waals surface area contributed by atoms with Crippen LogP contribution in [0.5, 0.6) is 0 Å². The van der Waals surface area contributed by atoms with E-state index in [-0.39, 0.29) is 16.7 Å². The predicted molar refractivity (Wildman–Crippen MR) is 100.0 cm³/mol. The number of benzene rings is 2. The molecular formula is C20H25NO4S. The molecule has 140 valence electrons. The largest absolute Gasteiger partial charge is 0.390 e. The van der Waals surface area contributed by atoms with E-state index < -0.39 is 22.2 Å². The number of aliphatic hydroxyl groups excluding tert-OH is 2. The van der Waals surface area contributed by atoms with Crippen molar-refractivity contribution in [3.8, 4) is 0 Å². The molecule has 0 saturated heterocycles. The van der Waals surface area contributed by atoms with Crippen LogP contribution < -0.4 is 4.72 Å². The molecule has 2 aromatic carbocycles. The summed E-state index contributed by atoms with van der Waals surface area (Å²) < 4.78 is 27.1. The van der Waals surface area contributed by atoms with Gasteiger partial charge >= 0.3 is 0 Å². The number of aryl methyl sites for hydroxylation is 1. The average molecular weight is 375 g/mol. The van der Waals surface area contributed by atoms with E-state index >= 15 is 0 Å². The number of sulfonamides is 1. The maximum Gasteiger partial charge on any atom is 0.240 e. The third kappa shape index (κ3) is 4.51. The second-order valence-electron chi connectivity index (χ2n) is 7.01. The molecule has 0 radical (unpaired) electrons. The van der Waals surface area contributed by atoms with Crippen LogP contribution in [-0.4, -0.2) is 31.3 Å². The first kappa shape index (κ1) is 19.0. The molecular weight excluding hydrogens is 350 g/mol.